The molecule has 0 aromatic carbocycles. The first-order chi connectivity index (χ1) is 7.88. The van der Waals surface area contributed by atoms with E-state index in [2.05, 4.69) is 5.32 Å². The van der Waals surface area contributed by atoms with Crippen molar-refractivity contribution in [2.45, 2.75) is 46.3 Å². The van der Waals surface area contributed by atoms with Crippen LogP contribution in [0.4, 0.5) is 13.2 Å². The minimum atomic E-state index is -4.51. The monoisotopic (exact) mass is 269 g/mol. The van der Waals surface area contributed by atoms with E-state index in [1.165, 1.54) is 0 Å². The number of nitrogens with one attached hydrogen (secondary N) is 1. The smallest absolute Gasteiger partial charge is 0.394 e. The van der Waals surface area contributed by atoms with E-state index in [9.17, 15) is 22.8 Å². The molecule has 0 aliphatic rings. The SMILES string of the molecule is CC(C)[C@@H](NC(=O)CC(C)(C)C(F)(F)F)C(=O)O. The maximum Gasteiger partial charge on any atom is 0.394 e. The lowest BCUT2D eigenvalue weighted by atomic mass is 9.88. The highest BCUT2D eigenvalue weighted by atomic mass is 19.4. The summed E-state index contributed by atoms with van der Waals surface area (Å²) in [4.78, 5) is 22.3. The largest absolute Gasteiger partial charge is 0.480 e. The Morgan fingerprint density at radius 1 is 1.22 bits per heavy atom. The molecule has 18 heavy (non-hydrogen) atoms. The predicted octanol–water partition coefficient (Wildman–Crippen LogP) is 2.19. The number of rotatable bonds is 5. The van der Waals surface area contributed by atoms with Crippen LogP contribution in [0.15, 0.2) is 0 Å². The Labute approximate surface area is 104 Å². The van der Waals surface area contributed by atoms with Gasteiger partial charge in [0.2, 0.25) is 5.91 Å². The zero-order valence-corrected chi connectivity index (χ0v) is 10.8. The normalized spacial score (nSPS) is 14.4. The summed E-state index contributed by atoms with van der Waals surface area (Å²) in [6.07, 6.45) is -5.31. The molecule has 0 fully saturated rings. The van der Waals surface area contributed by atoms with E-state index < -0.39 is 41.8 Å². The van der Waals surface area contributed by atoms with Gasteiger partial charge in [-0.15, -0.1) is 0 Å². The number of hydrogen-bond donors (Lipinski definition) is 2. The van der Waals surface area contributed by atoms with Crippen molar-refractivity contribution in [1.82, 2.24) is 5.32 Å². The van der Waals surface area contributed by atoms with Crippen LogP contribution in [0, 0.1) is 11.3 Å². The molecule has 0 radical (unpaired) electrons. The average Bonchev–Trinajstić information content (AvgIpc) is 2.10. The van der Waals surface area contributed by atoms with Gasteiger partial charge in [0.15, 0.2) is 0 Å². The van der Waals surface area contributed by atoms with Gasteiger partial charge in [0.1, 0.15) is 6.04 Å². The van der Waals surface area contributed by atoms with Crippen LogP contribution >= 0.6 is 0 Å². The minimum absolute atomic E-state index is 0.402. The summed E-state index contributed by atoms with van der Waals surface area (Å²) in [5.74, 6) is -2.58. The highest BCUT2D eigenvalue weighted by molar-refractivity contribution is 5.84. The number of halogens is 3. The van der Waals surface area contributed by atoms with Gasteiger partial charge in [0, 0.05) is 6.42 Å². The number of aliphatic carboxylic acids is 1. The minimum Gasteiger partial charge on any atom is -0.480 e. The number of alkyl halides is 3. The van der Waals surface area contributed by atoms with Crippen LogP contribution in [-0.4, -0.2) is 29.2 Å². The summed E-state index contributed by atoms with van der Waals surface area (Å²) in [5, 5.41) is 10.9. The lowest BCUT2D eigenvalue weighted by Crippen LogP contribution is -2.47. The van der Waals surface area contributed by atoms with Gasteiger partial charge in [-0.2, -0.15) is 13.2 Å². The summed E-state index contributed by atoms with van der Waals surface area (Å²) in [6, 6.07) is -1.18. The van der Waals surface area contributed by atoms with E-state index in [0.717, 1.165) is 13.8 Å². The summed E-state index contributed by atoms with van der Waals surface area (Å²) < 4.78 is 37.7. The number of carbonyl (C=O) groups is 2. The second kappa shape index (κ2) is 5.58. The molecular weight excluding hydrogens is 251 g/mol. The molecule has 106 valence electrons. The third-order valence-electron chi connectivity index (χ3n) is 2.62. The zero-order valence-electron chi connectivity index (χ0n) is 10.8. The lowest BCUT2D eigenvalue weighted by molar-refractivity contribution is -0.213. The second-order valence-corrected chi connectivity index (χ2v) is 5.19. The number of carboxylic acids is 1. The molecule has 0 saturated carbocycles. The standard InChI is InChI=1S/C11H18F3NO3/c1-6(2)8(9(17)18)15-7(16)5-10(3,4)11(12,13)14/h6,8H,5H2,1-4H3,(H,15,16)(H,17,18)/t8-/m1/s1. The second-order valence-electron chi connectivity index (χ2n) is 5.19. The van der Waals surface area contributed by atoms with Crippen molar-refractivity contribution in [2.24, 2.45) is 11.3 Å². The van der Waals surface area contributed by atoms with Gasteiger partial charge in [0.25, 0.3) is 0 Å². The fourth-order valence-corrected chi connectivity index (χ4v) is 1.24. The predicted molar refractivity (Wildman–Crippen MR) is 58.9 cm³/mol. The molecule has 2 N–H and O–H groups in total. The van der Waals surface area contributed by atoms with Crippen molar-refractivity contribution in [2.75, 3.05) is 0 Å². The molecule has 0 spiro atoms. The summed E-state index contributed by atoms with van der Waals surface area (Å²) >= 11 is 0. The van der Waals surface area contributed by atoms with Crippen molar-refractivity contribution in [3.8, 4) is 0 Å². The fraction of sp³-hybridized carbons (Fsp3) is 0.818. The van der Waals surface area contributed by atoms with E-state index in [1.54, 1.807) is 13.8 Å². The van der Waals surface area contributed by atoms with Crippen molar-refractivity contribution in [3.05, 3.63) is 0 Å². The van der Waals surface area contributed by atoms with Crippen LogP contribution in [0.1, 0.15) is 34.1 Å². The number of carboxylic acid groups (broad SMARTS) is 1. The van der Waals surface area contributed by atoms with Gasteiger partial charge in [-0.3, -0.25) is 4.79 Å². The van der Waals surface area contributed by atoms with Gasteiger partial charge in [-0.25, -0.2) is 4.79 Å². The van der Waals surface area contributed by atoms with Gasteiger partial charge >= 0.3 is 12.1 Å². The lowest BCUT2D eigenvalue weighted by Gasteiger charge is -2.28. The summed E-state index contributed by atoms with van der Waals surface area (Å²) in [5.41, 5.74) is -2.18. The first-order valence-electron chi connectivity index (χ1n) is 5.47. The molecule has 0 heterocycles. The van der Waals surface area contributed by atoms with Gasteiger partial charge in [0.05, 0.1) is 5.41 Å². The van der Waals surface area contributed by atoms with E-state index in [1.807, 2.05) is 0 Å². The topological polar surface area (TPSA) is 66.4 Å². The van der Waals surface area contributed by atoms with E-state index in [-0.39, 0.29) is 0 Å². The molecule has 0 aromatic heterocycles. The Bertz CT molecular complexity index is 324. The van der Waals surface area contributed by atoms with Gasteiger partial charge in [-0.05, 0) is 5.92 Å². The quantitative estimate of drug-likeness (QED) is 0.804. The number of carbonyl (C=O) groups excluding carboxylic acids is 1. The molecule has 7 heteroatoms. The van der Waals surface area contributed by atoms with Crippen molar-refractivity contribution in [3.63, 3.8) is 0 Å². The number of amides is 1. The molecule has 1 amide bonds. The molecule has 0 bridgehead atoms. The highest BCUT2D eigenvalue weighted by Gasteiger charge is 2.48. The fourth-order valence-electron chi connectivity index (χ4n) is 1.24. The summed E-state index contributed by atoms with van der Waals surface area (Å²) in [7, 11) is 0. The molecule has 4 nitrogen and oxygen atoms in total. The third-order valence-corrected chi connectivity index (χ3v) is 2.62. The third kappa shape index (κ3) is 4.54. The van der Waals surface area contributed by atoms with Gasteiger partial charge < -0.3 is 10.4 Å². The van der Waals surface area contributed by atoms with Gasteiger partial charge in [-0.1, -0.05) is 27.7 Å². The van der Waals surface area contributed by atoms with Crippen LogP contribution in [0.5, 0.6) is 0 Å². The molecule has 1 atom stereocenters. The maximum atomic E-state index is 12.6. The van der Waals surface area contributed by atoms with Crippen molar-refractivity contribution >= 4 is 11.9 Å². The van der Waals surface area contributed by atoms with Crippen LogP contribution in [0.3, 0.4) is 0 Å². The Kier molecular flexibility index (Phi) is 5.19. The van der Waals surface area contributed by atoms with Crippen LogP contribution < -0.4 is 5.32 Å². The molecule has 0 saturated heterocycles. The van der Waals surface area contributed by atoms with E-state index in [4.69, 9.17) is 5.11 Å². The Hall–Kier alpha value is -1.27. The molecule has 0 aromatic rings. The Morgan fingerprint density at radius 2 is 1.67 bits per heavy atom. The van der Waals surface area contributed by atoms with E-state index >= 15 is 0 Å². The van der Waals surface area contributed by atoms with Crippen LogP contribution in [-0.2, 0) is 9.59 Å². The molecule has 0 rings (SSSR count). The van der Waals surface area contributed by atoms with Crippen molar-refractivity contribution in [1.29, 1.82) is 0 Å². The van der Waals surface area contributed by atoms with Crippen molar-refractivity contribution < 1.29 is 27.9 Å². The summed E-state index contributed by atoms with van der Waals surface area (Å²) in [6.45, 7) is 4.93. The molecule has 0 aliphatic carbocycles. The Morgan fingerprint density at radius 3 is 1.94 bits per heavy atom. The highest BCUT2D eigenvalue weighted by Crippen LogP contribution is 2.40. The van der Waals surface area contributed by atoms with E-state index in [0.29, 0.717) is 0 Å². The first kappa shape index (κ1) is 16.7. The van der Waals surface area contributed by atoms with Crippen LogP contribution in [0.2, 0.25) is 0 Å². The molecule has 0 aliphatic heterocycles. The number of hydrogen-bond acceptors (Lipinski definition) is 2. The molecular formula is C11H18F3NO3. The maximum absolute atomic E-state index is 12.6. The zero-order chi connectivity index (χ0) is 14.7. The average molecular weight is 269 g/mol. The Balaban J connectivity index is 4.66. The van der Waals surface area contributed by atoms with Crippen LogP contribution in [0.25, 0.3) is 0 Å². The first-order valence-corrected chi connectivity index (χ1v) is 5.47. The molecule has 0 unspecified atom stereocenters.